The maximum Gasteiger partial charge on any atom is 0.119 e. The fourth-order valence-electron chi connectivity index (χ4n) is 1.92. The Morgan fingerprint density at radius 1 is 1.20 bits per heavy atom. The second-order valence-electron chi connectivity index (χ2n) is 5.30. The van der Waals surface area contributed by atoms with E-state index in [1.807, 2.05) is 6.08 Å². The third kappa shape index (κ3) is 6.73. The number of ether oxygens (including phenoxy) is 2. The minimum Gasteiger partial charge on any atom is -0.491 e. The van der Waals surface area contributed by atoms with E-state index in [-0.39, 0.29) is 0 Å². The average molecular weight is 278 g/mol. The van der Waals surface area contributed by atoms with Crippen molar-refractivity contribution < 1.29 is 14.8 Å². The summed E-state index contributed by atoms with van der Waals surface area (Å²) in [5.41, 5.74) is 2.56. The summed E-state index contributed by atoms with van der Waals surface area (Å²) in [4.78, 5) is 0. The summed E-state index contributed by atoms with van der Waals surface area (Å²) in [6, 6.07) is 6.41. The molecule has 0 spiro atoms. The van der Waals surface area contributed by atoms with Crippen LogP contribution in [0.25, 0.3) is 0 Å². The molecule has 0 aliphatic rings. The van der Waals surface area contributed by atoms with Crippen LogP contribution < -0.4 is 10.1 Å². The molecule has 20 heavy (non-hydrogen) atoms. The Morgan fingerprint density at radius 3 is 2.70 bits per heavy atom. The summed E-state index contributed by atoms with van der Waals surface area (Å²) < 4.78 is 11.3. The standard InChI is InChI=1S/C17H27NO2/c1-5-6-18-7-8-19-9-10-20-17-12-15(4)11-16(13-17)14(2)3/h5,11-14,18H,1,6-10H2,2-4H3/p+1. The molecular weight excluding hydrogens is 250 g/mol. The quantitative estimate of drug-likeness (QED) is 0.526. The molecule has 112 valence electrons. The highest BCUT2D eigenvalue weighted by molar-refractivity contribution is 5.35. The van der Waals surface area contributed by atoms with E-state index in [0.29, 0.717) is 19.1 Å². The second-order valence-corrected chi connectivity index (χ2v) is 5.30. The monoisotopic (exact) mass is 278 g/mol. The van der Waals surface area contributed by atoms with Gasteiger partial charge in [0.1, 0.15) is 12.4 Å². The number of hydrogen-bond acceptors (Lipinski definition) is 2. The molecule has 2 N–H and O–H groups in total. The Morgan fingerprint density at radius 2 is 2.00 bits per heavy atom. The number of aryl methyl sites for hydroxylation is 1. The molecule has 1 aromatic rings. The Bertz CT molecular complexity index is 402. The van der Waals surface area contributed by atoms with Crippen LogP contribution in [-0.4, -0.2) is 32.9 Å². The van der Waals surface area contributed by atoms with Gasteiger partial charge in [0.15, 0.2) is 0 Å². The van der Waals surface area contributed by atoms with Crippen LogP contribution in [0.2, 0.25) is 0 Å². The molecule has 0 saturated carbocycles. The van der Waals surface area contributed by atoms with Gasteiger partial charge in [0.25, 0.3) is 0 Å². The first-order valence-corrected chi connectivity index (χ1v) is 7.38. The normalized spacial score (nSPS) is 10.8. The lowest BCUT2D eigenvalue weighted by molar-refractivity contribution is -0.647. The van der Waals surface area contributed by atoms with Crippen molar-refractivity contribution in [3.05, 3.63) is 42.0 Å². The second kappa shape index (κ2) is 9.56. The van der Waals surface area contributed by atoms with Crippen LogP contribution in [-0.2, 0) is 4.74 Å². The summed E-state index contributed by atoms with van der Waals surface area (Å²) in [6.45, 7) is 14.1. The van der Waals surface area contributed by atoms with Crippen molar-refractivity contribution in [2.75, 3.05) is 32.9 Å². The van der Waals surface area contributed by atoms with Crippen molar-refractivity contribution in [1.82, 2.24) is 0 Å². The Kier molecular flexibility index (Phi) is 8.00. The lowest BCUT2D eigenvalue weighted by Crippen LogP contribution is -2.84. The van der Waals surface area contributed by atoms with Gasteiger partial charge in [-0.15, -0.1) is 0 Å². The van der Waals surface area contributed by atoms with E-state index in [9.17, 15) is 0 Å². The molecule has 0 amide bonds. The van der Waals surface area contributed by atoms with Crippen molar-refractivity contribution in [2.24, 2.45) is 0 Å². The van der Waals surface area contributed by atoms with E-state index in [1.165, 1.54) is 11.1 Å². The largest absolute Gasteiger partial charge is 0.491 e. The van der Waals surface area contributed by atoms with Crippen LogP contribution in [0.5, 0.6) is 5.75 Å². The first-order valence-electron chi connectivity index (χ1n) is 7.38. The van der Waals surface area contributed by atoms with Gasteiger partial charge >= 0.3 is 0 Å². The molecule has 0 unspecified atom stereocenters. The number of quaternary nitrogens is 1. The average Bonchev–Trinajstić information content (AvgIpc) is 2.41. The molecular formula is C17H28NO2+. The van der Waals surface area contributed by atoms with Gasteiger partial charge in [0, 0.05) is 0 Å². The molecule has 0 aliphatic heterocycles. The summed E-state index contributed by atoms with van der Waals surface area (Å²) in [6.07, 6.45) is 1.90. The first kappa shape index (κ1) is 16.7. The Hall–Kier alpha value is -1.32. The highest BCUT2D eigenvalue weighted by Crippen LogP contribution is 2.22. The van der Waals surface area contributed by atoms with Crippen molar-refractivity contribution >= 4 is 0 Å². The van der Waals surface area contributed by atoms with Crippen LogP contribution in [0.4, 0.5) is 0 Å². The van der Waals surface area contributed by atoms with E-state index in [0.717, 1.165) is 25.4 Å². The molecule has 3 heteroatoms. The summed E-state index contributed by atoms with van der Waals surface area (Å²) >= 11 is 0. The summed E-state index contributed by atoms with van der Waals surface area (Å²) in [5.74, 6) is 1.46. The van der Waals surface area contributed by atoms with Gasteiger partial charge in [-0.25, -0.2) is 0 Å². The van der Waals surface area contributed by atoms with Crippen molar-refractivity contribution in [3.63, 3.8) is 0 Å². The number of nitrogens with two attached hydrogens (primary N) is 1. The molecule has 0 bridgehead atoms. The van der Waals surface area contributed by atoms with E-state index in [2.05, 4.69) is 50.9 Å². The predicted octanol–water partition coefficient (Wildman–Crippen LogP) is 2.26. The topological polar surface area (TPSA) is 35.1 Å². The Balaban J connectivity index is 2.23. The number of rotatable bonds is 10. The minimum atomic E-state index is 0.522. The smallest absolute Gasteiger partial charge is 0.119 e. The van der Waals surface area contributed by atoms with Crippen LogP contribution in [0.3, 0.4) is 0 Å². The predicted molar refractivity (Wildman–Crippen MR) is 83.4 cm³/mol. The molecule has 0 saturated heterocycles. The maximum atomic E-state index is 5.75. The molecule has 0 heterocycles. The SMILES string of the molecule is C=CC[NH2+]CCOCCOc1cc(C)cc(C(C)C)c1. The Labute approximate surface area is 123 Å². The third-order valence-electron chi connectivity index (χ3n) is 3.04. The number of hydrogen-bond donors (Lipinski definition) is 1. The minimum absolute atomic E-state index is 0.522. The molecule has 0 radical (unpaired) electrons. The van der Waals surface area contributed by atoms with Gasteiger partial charge in [-0.1, -0.05) is 26.5 Å². The fraction of sp³-hybridized carbons (Fsp3) is 0.529. The van der Waals surface area contributed by atoms with Gasteiger partial charge in [0.05, 0.1) is 26.3 Å². The van der Waals surface area contributed by atoms with Crippen LogP contribution in [0.15, 0.2) is 30.9 Å². The zero-order chi connectivity index (χ0) is 14.8. The molecule has 0 atom stereocenters. The van der Waals surface area contributed by atoms with E-state index in [4.69, 9.17) is 9.47 Å². The van der Waals surface area contributed by atoms with Crippen molar-refractivity contribution in [1.29, 1.82) is 0 Å². The molecule has 0 aliphatic carbocycles. The van der Waals surface area contributed by atoms with Crippen molar-refractivity contribution in [3.8, 4) is 5.75 Å². The molecule has 1 rings (SSSR count). The maximum absolute atomic E-state index is 5.75. The van der Waals surface area contributed by atoms with Crippen LogP contribution >= 0.6 is 0 Å². The molecule has 1 aromatic carbocycles. The highest BCUT2D eigenvalue weighted by Gasteiger charge is 2.03. The summed E-state index contributed by atoms with van der Waals surface area (Å²) in [7, 11) is 0. The van der Waals surface area contributed by atoms with E-state index >= 15 is 0 Å². The van der Waals surface area contributed by atoms with E-state index < -0.39 is 0 Å². The van der Waals surface area contributed by atoms with E-state index in [1.54, 1.807) is 0 Å². The summed E-state index contributed by atoms with van der Waals surface area (Å²) in [5, 5.41) is 2.17. The fourth-order valence-corrected chi connectivity index (χ4v) is 1.92. The lowest BCUT2D eigenvalue weighted by atomic mass is 10.0. The van der Waals surface area contributed by atoms with Gasteiger partial charge < -0.3 is 14.8 Å². The van der Waals surface area contributed by atoms with Crippen LogP contribution in [0, 0.1) is 6.92 Å². The van der Waals surface area contributed by atoms with Gasteiger partial charge in [-0.05, 0) is 42.2 Å². The third-order valence-corrected chi connectivity index (χ3v) is 3.04. The van der Waals surface area contributed by atoms with Gasteiger partial charge in [-0.3, -0.25) is 0 Å². The molecule has 0 aromatic heterocycles. The molecule has 3 nitrogen and oxygen atoms in total. The lowest BCUT2D eigenvalue weighted by Gasteiger charge is -2.12. The van der Waals surface area contributed by atoms with Gasteiger partial charge in [0.2, 0.25) is 0 Å². The molecule has 0 fully saturated rings. The van der Waals surface area contributed by atoms with Gasteiger partial charge in [-0.2, -0.15) is 0 Å². The first-order chi connectivity index (χ1) is 9.63. The zero-order valence-electron chi connectivity index (χ0n) is 13.0. The van der Waals surface area contributed by atoms with Crippen molar-refractivity contribution in [2.45, 2.75) is 26.7 Å². The van der Waals surface area contributed by atoms with Crippen LogP contribution in [0.1, 0.15) is 30.9 Å². The highest BCUT2D eigenvalue weighted by atomic mass is 16.5. The zero-order valence-corrected chi connectivity index (χ0v) is 13.0. The number of benzene rings is 1.